The number of rotatable bonds is 6. The van der Waals surface area contributed by atoms with Gasteiger partial charge in [-0.3, -0.25) is 4.79 Å². The highest BCUT2D eigenvalue weighted by Gasteiger charge is 2.15. The van der Waals surface area contributed by atoms with Crippen molar-refractivity contribution in [3.63, 3.8) is 0 Å². The summed E-state index contributed by atoms with van der Waals surface area (Å²) in [5, 5.41) is 14.6. The van der Waals surface area contributed by atoms with E-state index in [0.717, 1.165) is 25.0 Å². The van der Waals surface area contributed by atoms with Crippen LogP contribution in [0.3, 0.4) is 0 Å². The second-order valence-corrected chi connectivity index (χ2v) is 6.07. The fourth-order valence-corrected chi connectivity index (χ4v) is 2.57. The molecule has 1 atom stereocenters. The van der Waals surface area contributed by atoms with Gasteiger partial charge in [-0.15, -0.1) is 10.2 Å². The van der Waals surface area contributed by atoms with Crippen LogP contribution in [0.2, 0.25) is 5.02 Å². The molecule has 0 bridgehead atoms. The number of carbonyl (C=O) groups excluding carboxylic acids is 1. The molecule has 0 radical (unpaired) electrons. The Bertz CT molecular complexity index is 670. The van der Waals surface area contributed by atoms with E-state index >= 15 is 0 Å². The quantitative estimate of drug-likeness (QED) is 0.841. The maximum Gasteiger partial charge on any atom is 0.272 e. The summed E-state index contributed by atoms with van der Waals surface area (Å²) in [6.07, 6.45) is 2.39. The Morgan fingerprint density at radius 2 is 2.04 bits per heavy atom. The molecule has 2 heterocycles. The van der Waals surface area contributed by atoms with E-state index in [1.807, 2.05) is 12.1 Å². The number of hydrogen-bond acceptors (Lipinski definition) is 5. The molecule has 1 unspecified atom stereocenters. The van der Waals surface area contributed by atoms with Crippen molar-refractivity contribution in [3.05, 3.63) is 52.7 Å². The van der Waals surface area contributed by atoms with Crippen molar-refractivity contribution in [2.24, 2.45) is 0 Å². The Balaban J connectivity index is 1.48. The molecule has 0 spiro atoms. The lowest BCUT2D eigenvalue weighted by molar-refractivity contribution is 0.0945. The molecule has 1 amide bonds. The number of benzene rings is 1. The van der Waals surface area contributed by atoms with E-state index in [1.54, 1.807) is 24.3 Å². The summed E-state index contributed by atoms with van der Waals surface area (Å²) in [6.45, 7) is 1.94. The third-order valence-electron chi connectivity index (χ3n) is 3.80. The summed E-state index contributed by atoms with van der Waals surface area (Å²) in [4.78, 5) is 12.1. The molecule has 1 aromatic carbocycles. The van der Waals surface area contributed by atoms with Gasteiger partial charge in [0.05, 0.1) is 6.10 Å². The van der Waals surface area contributed by atoms with Crippen LogP contribution in [-0.4, -0.2) is 35.4 Å². The molecule has 7 heteroatoms. The minimum Gasteiger partial charge on any atom is -0.376 e. The van der Waals surface area contributed by atoms with Crippen molar-refractivity contribution in [1.82, 2.24) is 15.5 Å². The van der Waals surface area contributed by atoms with E-state index in [1.165, 1.54) is 0 Å². The lowest BCUT2D eigenvalue weighted by Gasteiger charge is -2.11. The number of halogens is 1. The van der Waals surface area contributed by atoms with Crippen LogP contribution in [0.15, 0.2) is 36.4 Å². The summed E-state index contributed by atoms with van der Waals surface area (Å²) >= 11 is 5.83. The van der Waals surface area contributed by atoms with Crippen LogP contribution in [0.25, 0.3) is 0 Å². The first-order valence-electron chi connectivity index (χ1n) is 7.92. The zero-order chi connectivity index (χ0) is 16.8. The van der Waals surface area contributed by atoms with Gasteiger partial charge in [0.2, 0.25) is 0 Å². The Labute approximate surface area is 145 Å². The van der Waals surface area contributed by atoms with E-state index < -0.39 is 0 Å². The zero-order valence-electron chi connectivity index (χ0n) is 13.2. The zero-order valence-corrected chi connectivity index (χ0v) is 13.9. The molecule has 6 nitrogen and oxygen atoms in total. The molecule has 3 rings (SSSR count). The molecule has 126 valence electrons. The van der Waals surface area contributed by atoms with Crippen molar-refractivity contribution in [2.75, 3.05) is 18.5 Å². The van der Waals surface area contributed by atoms with E-state index in [9.17, 15) is 4.79 Å². The Morgan fingerprint density at radius 3 is 2.71 bits per heavy atom. The summed E-state index contributed by atoms with van der Waals surface area (Å²) in [6, 6.07) is 10.7. The monoisotopic (exact) mass is 346 g/mol. The summed E-state index contributed by atoms with van der Waals surface area (Å²) < 4.78 is 5.53. The minimum absolute atomic E-state index is 0.231. The van der Waals surface area contributed by atoms with E-state index in [2.05, 4.69) is 20.8 Å². The lowest BCUT2D eigenvalue weighted by Crippen LogP contribution is -2.24. The number of aromatic nitrogens is 2. The third-order valence-corrected chi connectivity index (χ3v) is 4.05. The molecule has 0 saturated carbocycles. The van der Waals surface area contributed by atoms with Crippen LogP contribution < -0.4 is 10.6 Å². The molecular formula is C17H19ClN4O2. The molecule has 0 aliphatic carbocycles. The average Bonchev–Trinajstić information content (AvgIpc) is 3.13. The number of hydrogen-bond donors (Lipinski definition) is 2. The maximum atomic E-state index is 12.1. The normalized spacial score (nSPS) is 16.8. The predicted molar refractivity (Wildman–Crippen MR) is 92.1 cm³/mol. The fraction of sp³-hybridized carbons (Fsp3) is 0.353. The molecule has 1 aromatic heterocycles. The van der Waals surface area contributed by atoms with Gasteiger partial charge in [0.25, 0.3) is 5.91 Å². The van der Waals surface area contributed by atoms with Gasteiger partial charge < -0.3 is 15.4 Å². The predicted octanol–water partition coefficient (Wildman–Crippen LogP) is 2.65. The Hall–Kier alpha value is -2.18. The van der Waals surface area contributed by atoms with Gasteiger partial charge in [0, 0.05) is 24.7 Å². The van der Waals surface area contributed by atoms with E-state index in [0.29, 0.717) is 23.9 Å². The first-order valence-corrected chi connectivity index (χ1v) is 8.30. The number of ether oxygens (including phenoxy) is 1. The molecule has 2 N–H and O–H groups in total. The molecule has 1 aliphatic rings. The highest BCUT2D eigenvalue weighted by Crippen LogP contribution is 2.13. The minimum atomic E-state index is -0.261. The Kier molecular flexibility index (Phi) is 5.61. The van der Waals surface area contributed by atoms with Gasteiger partial charge in [0.1, 0.15) is 5.82 Å². The van der Waals surface area contributed by atoms with Gasteiger partial charge in [-0.1, -0.05) is 23.7 Å². The molecule has 1 saturated heterocycles. The van der Waals surface area contributed by atoms with Gasteiger partial charge in [-0.05, 0) is 42.7 Å². The highest BCUT2D eigenvalue weighted by atomic mass is 35.5. The van der Waals surface area contributed by atoms with Crippen molar-refractivity contribution in [2.45, 2.75) is 25.5 Å². The standard InChI is InChI=1S/C17H19ClN4O2/c18-13-5-3-12(4-6-13)10-20-17(23)15-7-8-16(22-21-15)19-11-14-2-1-9-24-14/h3-8,14H,1-2,9-11H2,(H,19,22)(H,20,23). The number of carbonyl (C=O) groups is 1. The van der Waals surface area contributed by atoms with Crippen LogP contribution in [0.5, 0.6) is 0 Å². The number of nitrogens with zero attached hydrogens (tertiary/aromatic N) is 2. The van der Waals surface area contributed by atoms with Crippen LogP contribution in [0, 0.1) is 0 Å². The number of amides is 1. The van der Waals surface area contributed by atoms with E-state index in [-0.39, 0.29) is 17.7 Å². The van der Waals surface area contributed by atoms with Crippen LogP contribution in [-0.2, 0) is 11.3 Å². The van der Waals surface area contributed by atoms with Crippen LogP contribution in [0.4, 0.5) is 5.82 Å². The smallest absolute Gasteiger partial charge is 0.272 e. The second kappa shape index (κ2) is 8.08. The Morgan fingerprint density at radius 1 is 1.21 bits per heavy atom. The van der Waals surface area contributed by atoms with Crippen molar-refractivity contribution in [1.29, 1.82) is 0 Å². The number of nitrogens with one attached hydrogen (secondary N) is 2. The lowest BCUT2D eigenvalue weighted by atomic mass is 10.2. The SMILES string of the molecule is O=C(NCc1ccc(Cl)cc1)c1ccc(NCC2CCCO2)nn1. The molecule has 2 aromatic rings. The van der Waals surface area contributed by atoms with Gasteiger partial charge >= 0.3 is 0 Å². The first kappa shape index (κ1) is 16.7. The van der Waals surface area contributed by atoms with Crippen LogP contribution in [0.1, 0.15) is 28.9 Å². The molecule has 24 heavy (non-hydrogen) atoms. The largest absolute Gasteiger partial charge is 0.376 e. The topological polar surface area (TPSA) is 76.1 Å². The van der Waals surface area contributed by atoms with Crippen molar-refractivity contribution in [3.8, 4) is 0 Å². The molecular weight excluding hydrogens is 328 g/mol. The molecule has 1 fully saturated rings. The summed E-state index contributed by atoms with van der Waals surface area (Å²) in [7, 11) is 0. The third kappa shape index (κ3) is 4.66. The second-order valence-electron chi connectivity index (χ2n) is 5.63. The maximum absolute atomic E-state index is 12.1. The fourth-order valence-electron chi connectivity index (χ4n) is 2.45. The summed E-state index contributed by atoms with van der Waals surface area (Å²) in [5.74, 6) is 0.378. The number of anilines is 1. The van der Waals surface area contributed by atoms with Crippen molar-refractivity contribution >= 4 is 23.3 Å². The summed E-state index contributed by atoms with van der Waals surface area (Å²) in [5.41, 5.74) is 1.25. The van der Waals surface area contributed by atoms with Gasteiger partial charge in [-0.25, -0.2) is 0 Å². The van der Waals surface area contributed by atoms with E-state index in [4.69, 9.17) is 16.3 Å². The molecule has 1 aliphatic heterocycles. The van der Waals surface area contributed by atoms with Crippen LogP contribution >= 0.6 is 11.6 Å². The van der Waals surface area contributed by atoms with Crippen molar-refractivity contribution < 1.29 is 9.53 Å². The van der Waals surface area contributed by atoms with Gasteiger partial charge in [0.15, 0.2) is 5.69 Å². The van der Waals surface area contributed by atoms with Gasteiger partial charge in [-0.2, -0.15) is 0 Å². The average molecular weight is 347 g/mol. The first-order chi connectivity index (χ1) is 11.7. The highest BCUT2D eigenvalue weighted by molar-refractivity contribution is 6.30.